The minimum absolute atomic E-state index is 0.0363. The molecule has 2 rings (SSSR count). The third-order valence-corrected chi connectivity index (χ3v) is 3.52. The van der Waals surface area contributed by atoms with Gasteiger partial charge in [-0.2, -0.15) is 0 Å². The maximum atomic E-state index is 13.2. The smallest absolute Gasteiger partial charge is 0.169 e. The maximum Gasteiger partial charge on any atom is 0.169 e. The van der Waals surface area contributed by atoms with Crippen LogP contribution >= 0.6 is 0 Å². The molecule has 0 saturated carbocycles. The largest absolute Gasteiger partial charge is 0.379 e. The zero-order chi connectivity index (χ0) is 13.8. The summed E-state index contributed by atoms with van der Waals surface area (Å²) in [6, 6.07) is 4.59. The molecule has 0 radical (unpaired) electrons. The van der Waals surface area contributed by atoms with Crippen LogP contribution in [0.1, 0.15) is 29.3 Å². The predicted octanol–water partition coefficient (Wildman–Crippen LogP) is 2.33. The lowest BCUT2D eigenvalue weighted by Crippen LogP contribution is -2.39. The van der Waals surface area contributed by atoms with E-state index in [1.54, 1.807) is 19.1 Å². The van der Waals surface area contributed by atoms with Gasteiger partial charge in [0.1, 0.15) is 5.82 Å². The van der Waals surface area contributed by atoms with E-state index in [2.05, 4.69) is 12.2 Å². The molecule has 1 aromatic carbocycles. The zero-order valence-corrected chi connectivity index (χ0v) is 11.4. The van der Waals surface area contributed by atoms with Crippen LogP contribution in [-0.4, -0.2) is 31.6 Å². The third-order valence-electron chi connectivity index (χ3n) is 3.52. The summed E-state index contributed by atoms with van der Waals surface area (Å²) in [6.07, 6.45) is 1.02. The summed E-state index contributed by atoms with van der Waals surface area (Å²) in [4.78, 5) is 12.4. The van der Waals surface area contributed by atoms with Gasteiger partial charge in [-0.05, 0) is 43.7 Å². The number of benzene rings is 1. The highest BCUT2D eigenvalue weighted by atomic mass is 19.1. The Labute approximate surface area is 113 Å². The average molecular weight is 265 g/mol. The van der Waals surface area contributed by atoms with E-state index in [4.69, 9.17) is 4.74 Å². The van der Waals surface area contributed by atoms with Crippen molar-refractivity contribution < 1.29 is 13.9 Å². The number of carbonyl (C=O) groups is 1. The molecule has 1 aliphatic rings. The Morgan fingerprint density at radius 2 is 2.26 bits per heavy atom. The van der Waals surface area contributed by atoms with Crippen molar-refractivity contribution in [1.82, 2.24) is 5.32 Å². The molecular formula is C15H20FNO2. The minimum Gasteiger partial charge on any atom is -0.379 e. The van der Waals surface area contributed by atoms with Gasteiger partial charge in [0.15, 0.2) is 5.78 Å². The lowest BCUT2D eigenvalue weighted by atomic mass is 9.92. The van der Waals surface area contributed by atoms with E-state index in [9.17, 15) is 9.18 Å². The van der Waals surface area contributed by atoms with E-state index < -0.39 is 0 Å². The van der Waals surface area contributed by atoms with E-state index >= 15 is 0 Å². The molecule has 0 aromatic heterocycles. The Kier molecular flexibility index (Phi) is 4.66. The van der Waals surface area contributed by atoms with Crippen LogP contribution in [0.2, 0.25) is 0 Å². The van der Waals surface area contributed by atoms with Crippen molar-refractivity contribution in [2.24, 2.45) is 5.92 Å². The number of hydrogen-bond donors (Lipinski definition) is 1. The monoisotopic (exact) mass is 265 g/mol. The van der Waals surface area contributed by atoms with Gasteiger partial charge in [0.2, 0.25) is 0 Å². The highest BCUT2D eigenvalue weighted by Crippen LogP contribution is 2.20. The standard InChI is InChI=1S/C15H20FNO2/c1-3-6-17-14-9-19-8-12(14)15(18)11-4-5-13(16)10(2)7-11/h4-5,7,12,14,17H,3,6,8-9H2,1-2H3. The fourth-order valence-electron chi connectivity index (χ4n) is 2.36. The van der Waals surface area contributed by atoms with Crippen LogP contribution in [-0.2, 0) is 4.74 Å². The number of rotatable bonds is 5. The minimum atomic E-state index is -0.278. The van der Waals surface area contributed by atoms with Gasteiger partial charge in [-0.3, -0.25) is 4.79 Å². The van der Waals surface area contributed by atoms with Crippen LogP contribution in [0.3, 0.4) is 0 Å². The van der Waals surface area contributed by atoms with Gasteiger partial charge >= 0.3 is 0 Å². The molecule has 4 heteroatoms. The molecule has 1 N–H and O–H groups in total. The maximum absolute atomic E-state index is 13.2. The van der Waals surface area contributed by atoms with Crippen LogP contribution in [0.25, 0.3) is 0 Å². The first-order valence-electron chi connectivity index (χ1n) is 6.75. The molecule has 3 nitrogen and oxygen atoms in total. The second-order valence-electron chi connectivity index (χ2n) is 5.03. The topological polar surface area (TPSA) is 38.3 Å². The Morgan fingerprint density at radius 3 is 2.95 bits per heavy atom. The summed E-state index contributed by atoms with van der Waals surface area (Å²) in [5.74, 6) is -0.412. The van der Waals surface area contributed by atoms with Gasteiger partial charge in [-0.15, -0.1) is 0 Å². The van der Waals surface area contributed by atoms with Gasteiger partial charge in [0.25, 0.3) is 0 Å². The van der Waals surface area contributed by atoms with Crippen LogP contribution in [0.5, 0.6) is 0 Å². The van der Waals surface area contributed by atoms with E-state index in [0.29, 0.717) is 24.3 Å². The summed E-state index contributed by atoms with van der Waals surface area (Å²) >= 11 is 0. The number of ketones is 1. The molecule has 0 spiro atoms. The van der Waals surface area contributed by atoms with Crippen molar-refractivity contribution in [3.8, 4) is 0 Å². The number of Topliss-reactive ketones (excluding diaryl/α,β-unsaturated/α-hetero) is 1. The average Bonchev–Trinajstić information content (AvgIpc) is 2.87. The van der Waals surface area contributed by atoms with E-state index in [0.717, 1.165) is 13.0 Å². The lowest BCUT2D eigenvalue weighted by Gasteiger charge is -2.18. The van der Waals surface area contributed by atoms with Crippen LogP contribution in [0.15, 0.2) is 18.2 Å². The second-order valence-corrected chi connectivity index (χ2v) is 5.03. The molecule has 1 aliphatic heterocycles. The molecule has 2 unspecified atom stereocenters. The SMILES string of the molecule is CCCNC1COCC1C(=O)c1ccc(F)c(C)c1. The molecule has 104 valence electrons. The quantitative estimate of drug-likeness (QED) is 0.830. The summed E-state index contributed by atoms with van der Waals surface area (Å²) in [5.41, 5.74) is 1.07. The molecule has 0 aliphatic carbocycles. The molecule has 1 aromatic rings. The number of aryl methyl sites for hydroxylation is 1. The summed E-state index contributed by atoms with van der Waals surface area (Å²) in [7, 11) is 0. The van der Waals surface area contributed by atoms with Gasteiger partial charge in [0.05, 0.1) is 19.1 Å². The third kappa shape index (κ3) is 3.19. The summed E-state index contributed by atoms with van der Waals surface area (Å²) in [6.45, 7) is 5.64. The number of hydrogen-bond acceptors (Lipinski definition) is 3. The Bertz CT molecular complexity index is 461. The fraction of sp³-hybridized carbons (Fsp3) is 0.533. The summed E-state index contributed by atoms with van der Waals surface area (Å²) in [5, 5.41) is 3.34. The molecule has 0 amide bonds. The van der Waals surface area contributed by atoms with E-state index in [1.807, 2.05) is 0 Å². The lowest BCUT2D eigenvalue weighted by molar-refractivity contribution is 0.0891. The number of nitrogens with one attached hydrogen (secondary N) is 1. The van der Waals surface area contributed by atoms with Crippen molar-refractivity contribution in [3.63, 3.8) is 0 Å². The molecular weight excluding hydrogens is 245 g/mol. The molecule has 1 saturated heterocycles. The van der Waals surface area contributed by atoms with Gasteiger partial charge in [-0.25, -0.2) is 4.39 Å². The van der Waals surface area contributed by atoms with Crippen molar-refractivity contribution in [3.05, 3.63) is 35.1 Å². The zero-order valence-electron chi connectivity index (χ0n) is 11.4. The summed E-state index contributed by atoms with van der Waals surface area (Å²) < 4.78 is 18.6. The fourth-order valence-corrected chi connectivity index (χ4v) is 2.36. The first-order valence-corrected chi connectivity index (χ1v) is 6.75. The van der Waals surface area contributed by atoms with Crippen LogP contribution in [0, 0.1) is 18.7 Å². The highest BCUT2D eigenvalue weighted by Gasteiger charge is 2.34. The predicted molar refractivity (Wildman–Crippen MR) is 71.9 cm³/mol. The number of carbonyl (C=O) groups excluding carboxylic acids is 1. The van der Waals surface area contributed by atoms with Crippen LogP contribution < -0.4 is 5.32 Å². The van der Waals surface area contributed by atoms with E-state index in [-0.39, 0.29) is 23.6 Å². The molecule has 1 fully saturated rings. The molecule has 2 atom stereocenters. The molecule has 1 heterocycles. The Hall–Kier alpha value is -1.26. The second kappa shape index (κ2) is 6.26. The van der Waals surface area contributed by atoms with Crippen molar-refractivity contribution in [2.45, 2.75) is 26.3 Å². The Balaban J connectivity index is 2.11. The van der Waals surface area contributed by atoms with Crippen molar-refractivity contribution in [2.75, 3.05) is 19.8 Å². The Morgan fingerprint density at radius 1 is 1.47 bits per heavy atom. The van der Waals surface area contributed by atoms with E-state index in [1.165, 1.54) is 6.07 Å². The first-order chi connectivity index (χ1) is 9.13. The van der Waals surface area contributed by atoms with Crippen molar-refractivity contribution >= 4 is 5.78 Å². The van der Waals surface area contributed by atoms with Gasteiger partial charge in [-0.1, -0.05) is 6.92 Å². The van der Waals surface area contributed by atoms with Gasteiger partial charge in [0, 0.05) is 11.6 Å². The highest BCUT2D eigenvalue weighted by molar-refractivity contribution is 5.98. The van der Waals surface area contributed by atoms with Crippen molar-refractivity contribution in [1.29, 1.82) is 0 Å². The molecule has 0 bridgehead atoms. The number of halogens is 1. The first kappa shape index (κ1) is 14.2. The van der Waals surface area contributed by atoms with Crippen LogP contribution in [0.4, 0.5) is 4.39 Å². The number of ether oxygens (including phenoxy) is 1. The molecule has 19 heavy (non-hydrogen) atoms. The van der Waals surface area contributed by atoms with Gasteiger partial charge < -0.3 is 10.1 Å². The normalized spacial score (nSPS) is 22.7.